The zero-order valence-corrected chi connectivity index (χ0v) is 3.74. The van der Waals surface area contributed by atoms with Crippen molar-refractivity contribution in [3.63, 3.8) is 0 Å². The van der Waals surface area contributed by atoms with Crippen molar-refractivity contribution in [3.8, 4) is 0 Å². The molecule has 0 aromatic rings. The fourth-order valence-corrected chi connectivity index (χ4v) is 0. The summed E-state index contributed by atoms with van der Waals surface area (Å²) in [5.41, 5.74) is 4.96. The van der Waals surface area contributed by atoms with Crippen molar-refractivity contribution in [1.29, 1.82) is 0 Å². The maximum atomic E-state index is 11.6. The van der Waals surface area contributed by atoms with Crippen LogP contribution in [0.1, 0.15) is 6.92 Å². The number of rotatable bonds is 1. The van der Waals surface area contributed by atoms with Crippen molar-refractivity contribution in [3.05, 3.63) is 12.3 Å². The summed E-state index contributed by atoms with van der Waals surface area (Å²) >= 11 is 0. The Balaban J connectivity index is 3.26. The van der Waals surface area contributed by atoms with Crippen LogP contribution in [-0.4, -0.2) is 6.17 Å². The van der Waals surface area contributed by atoms with Crippen molar-refractivity contribution in [2.45, 2.75) is 13.1 Å². The predicted octanol–water partition coefficient (Wildman–Crippen LogP) is 0.817. The van der Waals surface area contributed by atoms with Crippen LogP contribution in [0.25, 0.3) is 0 Å². The summed E-state index contributed by atoms with van der Waals surface area (Å²) in [6, 6.07) is 0. The Morgan fingerprint density at radius 3 is 2.17 bits per heavy atom. The molecular formula is C4H8FN. The standard InChI is InChI=1S/C4H8FN/c1-3(5)4(2)6/h3H,2,6H2,1H3. The van der Waals surface area contributed by atoms with Gasteiger partial charge in [-0.05, 0) is 6.92 Å². The molecule has 0 saturated carbocycles. The lowest BCUT2D eigenvalue weighted by Gasteiger charge is -1.93. The number of alkyl halides is 1. The van der Waals surface area contributed by atoms with Crippen LogP contribution in [0.5, 0.6) is 0 Å². The van der Waals surface area contributed by atoms with Crippen LogP contribution in [0.4, 0.5) is 4.39 Å². The number of hydrogen-bond acceptors (Lipinski definition) is 1. The molecule has 0 aromatic heterocycles. The lowest BCUT2D eigenvalue weighted by Crippen LogP contribution is -2.05. The quantitative estimate of drug-likeness (QED) is 0.505. The fourth-order valence-electron chi connectivity index (χ4n) is 0. The SMILES string of the molecule is C=C(N)C(C)F. The Hall–Kier alpha value is -0.530. The second-order valence-electron chi connectivity index (χ2n) is 1.19. The maximum absolute atomic E-state index is 11.6. The molecule has 1 atom stereocenters. The van der Waals surface area contributed by atoms with E-state index in [1.807, 2.05) is 0 Å². The summed E-state index contributed by atoms with van der Waals surface area (Å²) in [7, 11) is 0. The molecule has 2 N–H and O–H groups in total. The second kappa shape index (κ2) is 1.80. The topological polar surface area (TPSA) is 26.0 Å². The van der Waals surface area contributed by atoms with Crippen molar-refractivity contribution in [1.82, 2.24) is 0 Å². The molecule has 0 radical (unpaired) electrons. The summed E-state index contributed by atoms with van der Waals surface area (Å²) in [6.45, 7) is 4.51. The number of allylic oxidation sites excluding steroid dienone is 1. The Morgan fingerprint density at radius 2 is 2.17 bits per heavy atom. The van der Waals surface area contributed by atoms with Crippen LogP contribution < -0.4 is 5.73 Å². The Bertz CT molecular complexity index is 58.6. The van der Waals surface area contributed by atoms with Gasteiger partial charge in [0.05, 0.1) is 0 Å². The molecule has 0 aliphatic carbocycles. The molecule has 0 aliphatic rings. The van der Waals surface area contributed by atoms with E-state index in [2.05, 4.69) is 6.58 Å². The van der Waals surface area contributed by atoms with E-state index in [1.54, 1.807) is 0 Å². The van der Waals surface area contributed by atoms with Gasteiger partial charge < -0.3 is 5.73 Å². The molecule has 0 aromatic carbocycles. The van der Waals surface area contributed by atoms with Gasteiger partial charge >= 0.3 is 0 Å². The van der Waals surface area contributed by atoms with Gasteiger partial charge in [0.1, 0.15) is 6.17 Å². The molecule has 0 spiro atoms. The van der Waals surface area contributed by atoms with Gasteiger partial charge in [-0.3, -0.25) is 0 Å². The molecular weight excluding hydrogens is 81.0 g/mol. The largest absolute Gasteiger partial charge is 0.400 e. The van der Waals surface area contributed by atoms with Crippen LogP contribution in [0.3, 0.4) is 0 Å². The van der Waals surface area contributed by atoms with E-state index < -0.39 is 6.17 Å². The van der Waals surface area contributed by atoms with E-state index in [0.717, 1.165) is 0 Å². The fraction of sp³-hybridized carbons (Fsp3) is 0.500. The molecule has 0 amide bonds. The van der Waals surface area contributed by atoms with Gasteiger partial charge in [-0.1, -0.05) is 6.58 Å². The highest BCUT2D eigenvalue weighted by Gasteiger charge is 1.93. The van der Waals surface area contributed by atoms with Gasteiger partial charge in [0, 0.05) is 5.70 Å². The number of nitrogens with two attached hydrogens (primary N) is 1. The van der Waals surface area contributed by atoms with E-state index >= 15 is 0 Å². The molecule has 0 fully saturated rings. The Labute approximate surface area is 36.6 Å². The average Bonchev–Trinajstić information content (AvgIpc) is 1.36. The zero-order valence-electron chi connectivity index (χ0n) is 3.74. The molecule has 6 heavy (non-hydrogen) atoms. The van der Waals surface area contributed by atoms with Gasteiger partial charge in [0.15, 0.2) is 0 Å². The van der Waals surface area contributed by atoms with E-state index in [0.29, 0.717) is 0 Å². The molecule has 0 rings (SSSR count). The monoisotopic (exact) mass is 89.1 g/mol. The first-order chi connectivity index (χ1) is 2.64. The molecule has 0 aliphatic heterocycles. The van der Waals surface area contributed by atoms with E-state index in [9.17, 15) is 4.39 Å². The van der Waals surface area contributed by atoms with Crippen molar-refractivity contribution in [2.24, 2.45) is 5.73 Å². The first-order valence-corrected chi connectivity index (χ1v) is 1.73. The maximum Gasteiger partial charge on any atom is 0.136 e. The van der Waals surface area contributed by atoms with Crippen LogP contribution in [0.2, 0.25) is 0 Å². The van der Waals surface area contributed by atoms with E-state index in [-0.39, 0.29) is 5.70 Å². The molecule has 1 unspecified atom stereocenters. The highest BCUT2D eigenvalue weighted by atomic mass is 19.1. The number of hydrogen-bond donors (Lipinski definition) is 1. The van der Waals surface area contributed by atoms with Crippen LogP contribution in [0, 0.1) is 0 Å². The third-order valence-electron chi connectivity index (χ3n) is 0.511. The van der Waals surface area contributed by atoms with Crippen LogP contribution in [-0.2, 0) is 0 Å². The first kappa shape index (κ1) is 5.47. The average molecular weight is 89.1 g/mol. The Morgan fingerprint density at radius 1 is 2.00 bits per heavy atom. The van der Waals surface area contributed by atoms with Crippen molar-refractivity contribution >= 4 is 0 Å². The molecule has 36 valence electrons. The summed E-state index contributed by atoms with van der Waals surface area (Å²) in [5, 5.41) is 0. The van der Waals surface area contributed by atoms with E-state index in [1.165, 1.54) is 6.92 Å². The summed E-state index contributed by atoms with van der Waals surface area (Å²) in [5.74, 6) is 0. The minimum atomic E-state index is -1.06. The summed E-state index contributed by atoms with van der Waals surface area (Å²) in [4.78, 5) is 0. The lowest BCUT2D eigenvalue weighted by atomic mass is 10.4. The minimum absolute atomic E-state index is 0.0926. The summed E-state index contributed by atoms with van der Waals surface area (Å²) < 4.78 is 11.6. The molecule has 2 heteroatoms. The van der Waals surface area contributed by atoms with Gasteiger partial charge in [-0.25, -0.2) is 4.39 Å². The van der Waals surface area contributed by atoms with Crippen molar-refractivity contribution < 1.29 is 4.39 Å². The second-order valence-corrected chi connectivity index (χ2v) is 1.19. The van der Waals surface area contributed by atoms with Gasteiger partial charge in [-0.2, -0.15) is 0 Å². The molecule has 0 bridgehead atoms. The Kier molecular flexibility index (Phi) is 1.64. The first-order valence-electron chi connectivity index (χ1n) is 1.73. The van der Waals surface area contributed by atoms with Gasteiger partial charge in [0.2, 0.25) is 0 Å². The third-order valence-corrected chi connectivity index (χ3v) is 0.511. The highest BCUT2D eigenvalue weighted by molar-refractivity contribution is 4.91. The zero-order chi connectivity index (χ0) is 5.15. The minimum Gasteiger partial charge on any atom is -0.400 e. The summed E-state index contributed by atoms with van der Waals surface area (Å²) in [6.07, 6.45) is -1.06. The van der Waals surface area contributed by atoms with E-state index in [4.69, 9.17) is 5.73 Å². The number of halogens is 1. The molecule has 1 nitrogen and oxygen atoms in total. The predicted molar refractivity (Wildman–Crippen MR) is 23.9 cm³/mol. The van der Waals surface area contributed by atoms with Gasteiger partial charge in [0.25, 0.3) is 0 Å². The van der Waals surface area contributed by atoms with Gasteiger partial charge in [-0.15, -0.1) is 0 Å². The normalized spacial score (nSPS) is 13.7. The highest BCUT2D eigenvalue weighted by Crippen LogP contribution is 1.92. The van der Waals surface area contributed by atoms with Crippen molar-refractivity contribution in [2.75, 3.05) is 0 Å². The van der Waals surface area contributed by atoms with Crippen LogP contribution in [0.15, 0.2) is 12.3 Å². The smallest absolute Gasteiger partial charge is 0.136 e. The van der Waals surface area contributed by atoms with Crippen LogP contribution >= 0.6 is 0 Å². The third kappa shape index (κ3) is 1.76. The lowest BCUT2D eigenvalue weighted by molar-refractivity contribution is 0.409. The molecule has 0 saturated heterocycles. The molecule has 0 heterocycles.